The van der Waals surface area contributed by atoms with E-state index in [1.807, 2.05) is 23.9 Å². The van der Waals surface area contributed by atoms with Crippen molar-refractivity contribution in [2.24, 2.45) is 0 Å². The molecule has 0 unspecified atom stereocenters. The third-order valence-electron chi connectivity index (χ3n) is 2.96. The Bertz CT molecular complexity index is 482. The largest absolute Gasteiger partial charge is 0.478 e. The molecule has 0 saturated carbocycles. The van der Waals surface area contributed by atoms with Crippen molar-refractivity contribution in [3.8, 4) is 0 Å². The predicted octanol–water partition coefficient (Wildman–Crippen LogP) is 3.49. The summed E-state index contributed by atoms with van der Waals surface area (Å²) in [5.74, 6) is 1.41. The van der Waals surface area contributed by atoms with Crippen LogP contribution in [0.5, 0.6) is 0 Å². The van der Waals surface area contributed by atoms with E-state index >= 15 is 0 Å². The molecule has 0 amide bonds. The van der Waals surface area contributed by atoms with Gasteiger partial charge in [0, 0.05) is 35.1 Å². The number of halogens is 1. The summed E-state index contributed by atoms with van der Waals surface area (Å²) < 4.78 is 0.963. The first-order valence-electron chi connectivity index (χ1n) is 6.20. The summed E-state index contributed by atoms with van der Waals surface area (Å²) in [4.78, 5) is 13.0. The van der Waals surface area contributed by atoms with E-state index in [0.29, 0.717) is 0 Å². The number of rotatable bonds is 3. The molecule has 1 aromatic carbocycles. The number of thioether (sulfide) groups is 1. The second-order valence-corrected chi connectivity index (χ2v) is 6.47. The van der Waals surface area contributed by atoms with Gasteiger partial charge in [-0.15, -0.1) is 0 Å². The van der Waals surface area contributed by atoms with Crippen LogP contribution < -0.4 is 4.90 Å². The van der Waals surface area contributed by atoms with Crippen molar-refractivity contribution in [3.63, 3.8) is 0 Å². The number of hydrogen-bond donors (Lipinski definition) is 1. The van der Waals surface area contributed by atoms with Crippen LogP contribution in [0.25, 0.3) is 6.08 Å². The van der Waals surface area contributed by atoms with E-state index < -0.39 is 5.97 Å². The Morgan fingerprint density at radius 2 is 2.21 bits per heavy atom. The van der Waals surface area contributed by atoms with Gasteiger partial charge in [-0.2, -0.15) is 11.8 Å². The molecular weight excluding hydrogens is 326 g/mol. The third-order valence-corrected chi connectivity index (χ3v) is 4.50. The van der Waals surface area contributed by atoms with Crippen molar-refractivity contribution in [2.45, 2.75) is 6.42 Å². The van der Waals surface area contributed by atoms with Gasteiger partial charge in [0.1, 0.15) is 0 Å². The molecule has 0 radical (unpaired) electrons. The lowest BCUT2D eigenvalue weighted by Crippen LogP contribution is -2.26. The zero-order valence-corrected chi connectivity index (χ0v) is 12.9. The molecule has 0 atom stereocenters. The van der Waals surface area contributed by atoms with Gasteiger partial charge in [-0.25, -0.2) is 4.79 Å². The number of carboxylic acids is 1. The molecule has 0 aromatic heterocycles. The Kier molecular flexibility index (Phi) is 5.34. The SMILES string of the molecule is O=C(O)/C=C/c1cc(Br)ccc1N1CCCSCC1. The summed E-state index contributed by atoms with van der Waals surface area (Å²) in [6.45, 7) is 2.04. The normalized spacial score (nSPS) is 16.6. The van der Waals surface area contributed by atoms with E-state index in [0.717, 1.165) is 34.6 Å². The monoisotopic (exact) mass is 341 g/mol. The second kappa shape index (κ2) is 7.01. The van der Waals surface area contributed by atoms with Crippen LogP contribution in [0.2, 0.25) is 0 Å². The van der Waals surface area contributed by atoms with Gasteiger partial charge >= 0.3 is 5.97 Å². The number of anilines is 1. The quantitative estimate of drug-likeness (QED) is 0.854. The summed E-state index contributed by atoms with van der Waals surface area (Å²) in [6, 6.07) is 6.03. The smallest absolute Gasteiger partial charge is 0.328 e. The average molecular weight is 342 g/mol. The lowest BCUT2D eigenvalue weighted by atomic mass is 10.1. The molecule has 0 bridgehead atoms. The Balaban J connectivity index is 2.29. The van der Waals surface area contributed by atoms with E-state index in [4.69, 9.17) is 5.11 Å². The first-order chi connectivity index (χ1) is 9.16. The van der Waals surface area contributed by atoms with E-state index in [2.05, 4.69) is 26.9 Å². The minimum atomic E-state index is -0.919. The molecule has 0 aliphatic carbocycles. The van der Waals surface area contributed by atoms with Crippen LogP contribution in [0.3, 0.4) is 0 Å². The Labute approximate surface area is 125 Å². The minimum Gasteiger partial charge on any atom is -0.478 e. The van der Waals surface area contributed by atoms with E-state index in [9.17, 15) is 4.79 Å². The third kappa shape index (κ3) is 4.28. The predicted molar refractivity (Wildman–Crippen MR) is 85.0 cm³/mol. The summed E-state index contributed by atoms with van der Waals surface area (Å²) >= 11 is 5.42. The molecule has 1 heterocycles. The van der Waals surface area contributed by atoms with E-state index in [1.54, 1.807) is 6.08 Å². The highest BCUT2D eigenvalue weighted by atomic mass is 79.9. The van der Waals surface area contributed by atoms with Gasteiger partial charge in [0.25, 0.3) is 0 Å². The van der Waals surface area contributed by atoms with Crippen LogP contribution in [-0.2, 0) is 4.79 Å². The molecule has 0 spiro atoms. The number of benzene rings is 1. The topological polar surface area (TPSA) is 40.5 Å². The van der Waals surface area contributed by atoms with Crippen LogP contribution >= 0.6 is 27.7 Å². The van der Waals surface area contributed by atoms with Gasteiger partial charge in [-0.1, -0.05) is 15.9 Å². The van der Waals surface area contributed by atoms with Crippen LogP contribution in [0.15, 0.2) is 28.7 Å². The van der Waals surface area contributed by atoms with Gasteiger partial charge in [0.05, 0.1) is 0 Å². The van der Waals surface area contributed by atoms with Gasteiger partial charge in [0.15, 0.2) is 0 Å². The van der Waals surface area contributed by atoms with Crippen LogP contribution in [0.1, 0.15) is 12.0 Å². The summed E-state index contributed by atoms with van der Waals surface area (Å²) in [5, 5.41) is 8.77. The van der Waals surface area contributed by atoms with Gasteiger partial charge in [0.2, 0.25) is 0 Å². The maximum atomic E-state index is 10.7. The fourth-order valence-electron chi connectivity index (χ4n) is 2.09. The molecule has 1 saturated heterocycles. The minimum absolute atomic E-state index is 0.919. The highest BCUT2D eigenvalue weighted by molar-refractivity contribution is 9.10. The van der Waals surface area contributed by atoms with E-state index in [-0.39, 0.29) is 0 Å². The number of carbonyl (C=O) groups is 1. The zero-order chi connectivity index (χ0) is 13.7. The summed E-state index contributed by atoms with van der Waals surface area (Å²) in [6.07, 6.45) is 4.03. The standard InChI is InChI=1S/C14H16BrNO2S/c15-12-3-4-13(11(10-12)2-5-14(17)18)16-6-1-8-19-9-7-16/h2-5,10H,1,6-9H2,(H,17,18)/b5-2+. The van der Waals surface area contributed by atoms with Gasteiger partial charge < -0.3 is 10.0 Å². The number of aliphatic carboxylic acids is 1. The molecule has 1 aromatic rings. The molecule has 3 nitrogen and oxygen atoms in total. The number of hydrogen-bond acceptors (Lipinski definition) is 3. The zero-order valence-electron chi connectivity index (χ0n) is 10.5. The van der Waals surface area contributed by atoms with Gasteiger partial charge in [-0.05, 0) is 42.0 Å². The first kappa shape index (κ1) is 14.5. The van der Waals surface area contributed by atoms with Crippen molar-refractivity contribution in [1.82, 2.24) is 0 Å². The summed E-state index contributed by atoms with van der Waals surface area (Å²) in [5.41, 5.74) is 2.06. The molecule has 2 rings (SSSR count). The van der Waals surface area contributed by atoms with Crippen molar-refractivity contribution >= 4 is 45.4 Å². The Hall–Kier alpha value is -0.940. The number of carboxylic acid groups (broad SMARTS) is 1. The molecular formula is C14H16BrNO2S. The summed E-state index contributed by atoms with van der Waals surface area (Å²) in [7, 11) is 0. The Morgan fingerprint density at radius 3 is 3.00 bits per heavy atom. The average Bonchev–Trinajstić information content (AvgIpc) is 2.65. The molecule has 19 heavy (non-hydrogen) atoms. The maximum Gasteiger partial charge on any atom is 0.328 e. The van der Waals surface area contributed by atoms with Gasteiger partial charge in [-0.3, -0.25) is 0 Å². The fourth-order valence-corrected chi connectivity index (χ4v) is 3.36. The van der Waals surface area contributed by atoms with Crippen molar-refractivity contribution in [3.05, 3.63) is 34.3 Å². The molecule has 5 heteroatoms. The Morgan fingerprint density at radius 1 is 1.37 bits per heavy atom. The van der Waals surface area contributed by atoms with Crippen molar-refractivity contribution < 1.29 is 9.90 Å². The molecule has 1 fully saturated rings. The fraction of sp³-hybridized carbons (Fsp3) is 0.357. The van der Waals surface area contributed by atoms with Crippen molar-refractivity contribution in [2.75, 3.05) is 29.5 Å². The van der Waals surface area contributed by atoms with Crippen LogP contribution in [-0.4, -0.2) is 35.7 Å². The molecule has 102 valence electrons. The lowest BCUT2D eigenvalue weighted by molar-refractivity contribution is -0.131. The first-order valence-corrected chi connectivity index (χ1v) is 8.15. The molecule has 1 N–H and O–H groups in total. The van der Waals surface area contributed by atoms with Crippen LogP contribution in [0, 0.1) is 0 Å². The van der Waals surface area contributed by atoms with E-state index in [1.165, 1.54) is 18.2 Å². The highest BCUT2D eigenvalue weighted by Gasteiger charge is 2.13. The van der Waals surface area contributed by atoms with Crippen LogP contribution in [0.4, 0.5) is 5.69 Å². The molecule has 1 aliphatic rings. The second-order valence-electron chi connectivity index (χ2n) is 4.33. The lowest BCUT2D eigenvalue weighted by Gasteiger charge is -2.24. The molecule has 1 aliphatic heterocycles. The van der Waals surface area contributed by atoms with Crippen molar-refractivity contribution in [1.29, 1.82) is 0 Å². The highest BCUT2D eigenvalue weighted by Crippen LogP contribution is 2.27. The maximum absolute atomic E-state index is 10.7. The number of nitrogens with zero attached hydrogens (tertiary/aromatic N) is 1.